The number of benzene rings is 2. The zero-order valence-electron chi connectivity index (χ0n) is 18.6. The fraction of sp³-hybridized carbons (Fsp3) is 0.182. The van der Waals surface area contributed by atoms with Crippen LogP contribution in [0.5, 0.6) is 11.5 Å². The summed E-state index contributed by atoms with van der Waals surface area (Å²) >= 11 is 0. The number of hydrogen-bond acceptors (Lipinski definition) is 8. The minimum Gasteiger partial charge on any atom is -0.497 e. The molecule has 0 aliphatic heterocycles. The lowest BCUT2D eigenvalue weighted by molar-refractivity contribution is -0.118. The summed E-state index contributed by atoms with van der Waals surface area (Å²) in [7, 11) is -0.966. The van der Waals surface area contributed by atoms with E-state index >= 15 is 0 Å². The molecule has 0 unspecified atom stereocenters. The predicted octanol–water partition coefficient (Wildman–Crippen LogP) is 1.39. The second-order valence-corrected chi connectivity index (χ2v) is 8.70. The SMILES string of the molecule is COc1ccc(OC)c(-c2ccc(=O)n(CC(=O)Nc3ccc(S(=O)(=O)NC(C)=O)cc3)n2)c1. The maximum Gasteiger partial charge on any atom is 0.267 e. The Kier molecular flexibility index (Phi) is 7.31. The summed E-state index contributed by atoms with van der Waals surface area (Å²) in [4.78, 5) is 35.7. The molecule has 1 heterocycles. The third-order valence-electron chi connectivity index (χ3n) is 4.57. The van der Waals surface area contributed by atoms with Gasteiger partial charge < -0.3 is 14.8 Å². The number of nitrogens with one attached hydrogen (secondary N) is 2. The van der Waals surface area contributed by atoms with Crippen molar-refractivity contribution in [1.82, 2.24) is 14.5 Å². The van der Waals surface area contributed by atoms with Gasteiger partial charge in [-0.25, -0.2) is 17.8 Å². The Balaban J connectivity index is 1.79. The van der Waals surface area contributed by atoms with Crippen LogP contribution < -0.4 is 25.1 Å². The average Bonchev–Trinajstić information content (AvgIpc) is 2.79. The summed E-state index contributed by atoms with van der Waals surface area (Å²) in [6.07, 6.45) is 0. The van der Waals surface area contributed by atoms with E-state index in [2.05, 4.69) is 10.4 Å². The van der Waals surface area contributed by atoms with Crippen LogP contribution >= 0.6 is 0 Å². The van der Waals surface area contributed by atoms with Gasteiger partial charge in [-0.05, 0) is 48.5 Å². The third kappa shape index (κ3) is 5.78. The van der Waals surface area contributed by atoms with Crippen LogP contribution in [0.15, 0.2) is 64.3 Å². The first kappa shape index (κ1) is 24.5. The lowest BCUT2D eigenvalue weighted by atomic mass is 10.1. The summed E-state index contributed by atoms with van der Waals surface area (Å²) in [5.41, 5.74) is 0.783. The minimum atomic E-state index is -3.99. The van der Waals surface area contributed by atoms with Crippen molar-refractivity contribution >= 4 is 27.5 Å². The van der Waals surface area contributed by atoms with Crippen LogP contribution in [0.2, 0.25) is 0 Å². The predicted molar refractivity (Wildman–Crippen MR) is 123 cm³/mol. The number of rotatable bonds is 8. The van der Waals surface area contributed by atoms with E-state index in [0.717, 1.165) is 11.6 Å². The number of ether oxygens (including phenoxy) is 2. The Morgan fingerprint density at radius 1 is 1.00 bits per heavy atom. The highest BCUT2D eigenvalue weighted by molar-refractivity contribution is 7.90. The Morgan fingerprint density at radius 3 is 2.32 bits per heavy atom. The molecular formula is C22H22N4O7S. The highest BCUT2D eigenvalue weighted by Gasteiger charge is 2.16. The zero-order chi connectivity index (χ0) is 24.9. The van der Waals surface area contributed by atoms with E-state index in [0.29, 0.717) is 28.4 Å². The summed E-state index contributed by atoms with van der Waals surface area (Å²) in [5.74, 6) is -0.194. The van der Waals surface area contributed by atoms with Crippen molar-refractivity contribution in [2.75, 3.05) is 19.5 Å². The fourth-order valence-corrected chi connectivity index (χ4v) is 4.01. The summed E-state index contributed by atoms with van der Waals surface area (Å²) in [6.45, 7) is 0.701. The first-order chi connectivity index (χ1) is 16.1. The van der Waals surface area contributed by atoms with Crippen molar-refractivity contribution in [3.05, 3.63) is 65.0 Å². The van der Waals surface area contributed by atoms with E-state index in [9.17, 15) is 22.8 Å². The van der Waals surface area contributed by atoms with E-state index in [-0.39, 0.29) is 11.4 Å². The molecule has 0 radical (unpaired) electrons. The van der Waals surface area contributed by atoms with Crippen LogP contribution in [0.25, 0.3) is 11.3 Å². The molecule has 0 fully saturated rings. The Bertz CT molecular complexity index is 1380. The van der Waals surface area contributed by atoms with E-state index in [4.69, 9.17) is 9.47 Å². The minimum absolute atomic E-state index is 0.140. The van der Waals surface area contributed by atoms with Gasteiger partial charge in [0.25, 0.3) is 15.6 Å². The number of carbonyl (C=O) groups excluding carboxylic acids is 2. The molecule has 178 valence electrons. The molecule has 2 amide bonds. The van der Waals surface area contributed by atoms with Crippen LogP contribution in [0.4, 0.5) is 5.69 Å². The number of carbonyl (C=O) groups is 2. The van der Waals surface area contributed by atoms with Gasteiger partial charge in [0.15, 0.2) is 0 Å². The number of aromatic nitrogens is 2. The van der Waals surface area contributed by atoms with Crippen LogP contribution in [0.3, 0.4) is 0 Å². The van der Waals surface area contributed by atoms with E-state index in [1.807, 2.05) is 4.72 Å². The van der Waals surface area contributed by atoms with Crippen LogP contribution in [-0.2, 0) is 26.2 Å². The Labute approximate surface area is 195 Å². The number of amides is 2. The van der Waals surface area contributed by atoms with Crippen molar-refractivity contribution < 1.29 is 27.5 Å². The molecule has 0 atom stereocenters. The lowest BCUT2D eigenvalue weighted by Gasteiger charge is -2.12. The van der Waals surface area contributed by atoms with Gasteiger partial charge >= 0.3 is 0 Å². The molecular weight excluding hydrogens is 464 g/mol. The van der Waals surface area contributed by atoms with Gasteiger partial charge in [0.05, 0.1) is 24.8 Å². The van der Waals surface area contributed by atoms with Gasteiger partial charge in [-0.1, -0.05) is 0 Å². The average molecular weight is 487 g/mol. The summed E-state index contributed by atoms with van der Waals surface area (Å²) in [6, 6.07) is 13.1. The van der Waals surface area contributed by atoms with Crippen molar-refractivity contribution in [3.63, 3.8) is 0 Å². The second kappa shape index (κ2) is 10.2. The molecule has 0 aliphatic rings. The number of sulfonamides is 1. The summed E-state index contributed by atoms with van der Waals surface area (Å²) < 4.78 is 37.5. The van der Waals surface area contributed by atoms with E-state index in [1.54, 1.807) is 18.2 Å². The van der Waals surface area contributed by atoms with Crippen LogP contribution in [-0.4, -0.2) is 44.2 Å². The maximum atomic E-state index is 12.5. The molecule has 2 N–H and O–H groups in total. The van der Waals surface area contributed by atoms with Gasteiger partial charge in [-0.3, -0.25) is 14.4 Å². The van der Waals surface area contributed by atoms with E-state index in [1.165, 1.54) is 50.6 Å². The third-order valence-corrected chi connectivity index (χ3v) is 6.02. The number of methoxy groups -OCH3 is 2. The molecule has 0 saturated heterocycles. The topological polar surface area (TPSA) is 146 Å². The van der Waals surface area contributed by atoms with Gasteiger partial charge in [0.1, 0.15) is 18.0 Å². The maximum absolute atomic E-state index is 12.5. The van der Waals surface area contributed by atoms with Gasteiger partial charge in [-0.2, -0.15) is 5.10 Å². The second-order valence-electron chi connectivity index (χ2n) is 7.01. The van der Waals surface area contributed by atoms with E-state index < -0.39 is 27.4 Å². The first-order valence-electron chi connectivity index (χ1n) is 9.87. The van der Waals surface area contributed by atoms with Gasteiger partial charge in [0, 0.05) is 24.2 Å². The number of anilines is 1. The Morgan fingerprint density at radius 2 is 1.71 bits per heavy atom. The molecule has 3 aromatic rings. The van der Waals surface area contributed by atoms with Crippen molar-refractivity contribution in [2.45, 2.75) is 18.4 Å². The standard InChI is InChI=1S/C22H22N4O7S/c1-14(27)25-34(30,31)17-7-4-15(5-8-17)23-21(28)13-26-22(29)11-9-19(24-26)18-12-16(32-2)6-10-20(18)33-3/h4-12H,13H2,1-3H3,(H,23,28)(H,25,27). The zero-order valence-corrected chi connectivity index (χ0v) is 19.4. The quantitative estimate of drug-likeness (QED) is 0.486. The molecule has 34 heavy (non-hydrogen) atoms. The molecule has 3 rings (SSSR count). The smallest absolute Gasteiger partial charge is 0.267 e. The molecule has 0 bridgehead atoms. The lowest BCUT2D eigenvalue weighted by Crippen LogP contribution is -2.29. The largest absolute Gasteiger partial charge is 0.497 e. The highest BCUT2D eigenvalue weighted by Crippen LogP contribution is 2.31. The normalized spacial score (nSPS) is 10.9. The molecule has 2 aromatic carbocycles. The molecule has 0 saturated carbocycles. The molecule has 0 spiro atoms. The molecule has 12 heteroatoms. The Hall–Kier alpha value is -4.19. The number of nitrogens with zero attached hydrogens (tertiary/aromatic N) is 2. The van der Waals surface area contributed by atoms with Crippen LogP contribution in [0, 0.1) is 0 Å². The fourth-order valence-electron chi connectivity index (χ4n) is 3.02. The van der Waals surface area contributed by atoms with Crippen LogP contribution in [0.1, 0.15) is 6.92 Å². The van der Waals surface area contributed by atoms with Gasteiger partial charge in [-0.15, -0.1) is 0 Å². The molecule has 0 aliphatic carbocycles. The molecule has 1 aromatic heterocycles. The number of hydrogen-bond donors (Lipinski definition) is 2. The summed E-state index contributed by atoms with van der Waals surface area (Å²) in [5, 5.41) is 6.84. The monoisotopic (exact) mass is 486 g/mol. The highest BCUT2D eigenvalue weighted by atomic mass is 32.2. The van der Waals surface area contributed by atoms with Crippen molar-refractivity contribution in [1.29, 1.82) is 0 Å². The van der Waals surface area contributed by atoms with Crippen molar-refractivity contribution in [3.8, 4) is 22.8 Å². The van der Waals surface area contributed by atoms with Gasteiger partial charge in [0.2, 0.25) is 11.8 Å². The first-order valence-corrected chi connectivity index (χ1v) is 11.3. The van der Waals surface area contributed by atoms with Crippen molar-refractivity contribution in [2.24, 2.45) is 0 Å². The molecule has 11 nitrogen and oxygen atoms in total.